The van der Waals surface area contributed by atoms with Crippen LogP contribution in [-0.4, -0.2) is 47.0 Å². The second-order valence-corrected chi connectivity index (χ2v) is 8.08. The first-order chi connectivity index (χ1) is 15.5. The molecule has 4 rings (SSSR count). The monoisotopic (exact) mass is 446 g/mol. The lowest BCUT2D eigenvalue weighted by Gasteiger charge is -2.35. The highest BCUT2D eigenvalue weighted by Gasteiger charge is 2.19. The Bertz CT molecular complexity index is 1150. The van der Waals surface area contributed by atoms with Crippen LogP contribution in [0.5, 0.6) is 0 Å². The molecule has 1 saturated heterocycles. The largest absolute Gasteiger partial charge is 0.354 e. The van der Waals surface area contributed by atoms with Gasteiger partial charge in [-0.1, -0.05) is 23.7 Å². The third-order valence-electron chi connectivity index (χ3n) is 5.40. The van der Waals surface area contributed by atoms with Gasteiger partial charge in [-0.05, 0) is 48.9 Å². The van der Waals surface area contributed by atoms with Gasteiger partial charge in [-0.15, -0.1) is 0 Å². The van der Waals surface area contributed by atoms with Gasteiger partial charge in [-0.2, -0.15) is 5.26 Å². The van der Waals surface area contributed by atoms with Gasteiger partial charge in [-0.25, -0.2) is 9.97 Å². The highest BCUT2D eigenvalue weighted by Crippen LogP contribution is 2.19. The van der Waals surface area contributed by atoms with Crippen LogP contribution in [0.25, 0.3) is 0 Å². The molecule has 7 nitrogen and oxygen atoms in total. The number of amides is 1. The Morgan fingerprint density at radius 2 is 1.97 bits per heavy atom. The van der Waals surface area contributed by atoms with Gasteiger partial charge in [0, 0.05) is 38.4 Å². The zero-order valence-electron chi connectivity index (χ0n) is 17.8. The van der Waals surface area contributed by atoms with E-state index in [-0.39, 0.29) is 11.1 Å². The maximum Gasteiger partial charge on any atom is 0.258 e. The minimum atomic E-state index is -0.314. The number of aromatic nitrogens is 2. The molecule has 1 aromatic carbocycles. The number of nitrogens with one attached hydrogen (secondary N) is 1. The molecule has 8 heteroatoms. The van der Waals surface area contributed by atoms with Crippen molar-refractivity contribution >= 4 is 29.0 Å². The maximum atomic E-state index is 12.5. The SMILES string of the molecule is Cc1ccc(C(=O)Nc2ccc(N3CCN(Cc4cccc(C#N)c4)CC3)nc2)c(Cl)n1. The van der Waals surface area contributed by atoms with E-state index in [1.54, 1.807) is 18.3 Å². The van der Waals surface area contributed by atoms with Crippen molar-refractivity contribution < 1.29 is 4.79 Å². The predicted molar refractivity (Wildman–Crippen MR) is 125 cm³/mol. The van der Waals surface area contributed by atoms with Crippen LogP contribution in [-0.2, 0) is 6.54 Å². The number of carbonyl (C=O) groups excluding carboxylic acids is 1. The van der Waals surface area contributed by atoms with Crippen LogP contribution in [0, 0.1) is 18.3 Å². The Hall–Kier alpha value is -3.47. The summed E-state index contributed by atoms with van der Waals surface area (Å²) in [6.07, 6.45) is 1.66. The van der Waals surface area contributed by atoms with Crippen LogP contribution < -0.4 is 10.2 Å². The Morgan fingerprint density at radius 1 is 1.16 bits per heavy atom. The third kappa shape index (κ3) is 5.22. The van der Waals surface area contributed by atoms with E-state index in [2.05, 4.69) is 37.2 Å². The molecule has 0 atom stereocenters. The van der Waals surface area contributed by atoms with Crippen LogP contribution >= 0.6 is 11.6 Å². The van der Waals surface area contributed by atoms with E-state index >= 15 is 0 Å². The number of benzene rings is 1. The highest BCUT2D eigenvalue weighted by atomic mass is 35.5. The number of carbonyl (C=O) groups is 1. The minimum absolute atomic E-state index is 0.185. The van der Waals surface area contributed by atoms with Gasteiger partial charge in [0.25, 0.3) is 5.91 Å². The van der Waals surface area contributed by atoms with E-state index < -0.39 is 0 Å². The number of nitriles is 1. The molecule has 0 aliphatic carbocycles. The summed E-state index contributed by atoms with van der Waals surface area (Å²) in [5.74, 6) is 0.565. The summed E-state index contributed by atoms with van der Waals surface area (Å²) in [4.78, 5) is 25.7. The first-order valence-corrected chi connectivity index (χ1v) is 10.8. The van der Waals surface area contributed by atoms with Gasteiger partial charge in [0.05, 0.1) is 29.1 Å². The number of pyridine rings is 2. The summed E-state index contributed by atoms with van der Waals surface area (Å²) in [5.41, 5.74) is 3.54. The molecular formula is C24H23ClN6O. The number of anilines is 2. The molecule has 3 heterocycles. The Labute approximate surface area is 192 Å². The highest BCUT2D eigenvalue weighted by molar-refractivity contribution is 6.33. The number of hydrogen-bond donors (Lipinski definition) is 1. The quantitative estimate of drug-likeness (QED) is 0.598. The molecule has 0 spiro atoms. The second-order valence-electron chi connectivity index (χ2n) is 7.73. The first kappa shape index (κ1) is 21.8. The summed E-state index contributed by atoms with van der Waals surface area (Å²) >= 11 is 6.08. The van der Waals surface area contributed by atoms with Crippen molar-refractivity contribution in [3.8, 4) is 6.07 Å². The van der Waals surface area contributed by atoms with Crippen LogP contribution in [0.3, 0.4) is 0 Å². The zero-order valence-corrected chi connectivity index (χ0v) is 18.5. The van der Waals surface area contributed by atoms with Gasteiger partial charge in [-0.3, -0.25) is 9.69 Å². The summed E-state index contributed by atoms with van der Waals surface area (Å²) in [6.45, 7) is 6.20. The predicted octanol–water partition coefficient (Wildman–Crippen LogP) is 3.88. The molecule has 1 fully saturated rings. The van der Waals surface area contributed by atoms with E-state index in [9.17, 15) is 4.79 Å². The third-order valence-corrected chi connectivity index (χ3v) is 5.68. The molecule has 1 aliphatic heterocycles. The van der Waals surface area contributed by atoms with Crippen molar-refractivity contribution in [1.29, 1.82) is 5.26 Å². The molecule has 1 N–H and O–H groups in total. The smallest absolute Gasteiger partial charge is 0.258 e. The molecule has 3 aromatic rings. The summed E-state index contributed by atoms with van der Waals surface area (Å²) in [7, 11) is 0. The fraction of sp³-hybridized carbons (Fsp3) is 0.250. The molecule has 162 valence electrons. The summed E-state index contributed by atoms with van der Waals surface area (Å²) in [5, 5.41) is 12.1. The molecule has 0 radical (unpaired) electrons. The van der Waals surface area contributed by atoms with Crippen molar-refractivity contribution in [2.75, 3.05) is 36.4 Å². The number of halogens is 1. The van der Waals surface area contributed by atoms with Gasteiger partial charge >= 0.3 is 0 Å². The maximum absolute atomic E-state index is 12.5. The van der Waals surface area contributed by atoms with Crippen molar-refractivity contribution in [1.82, 2.24) is 14.9 Å². The normalized spacial score (nSPS) is 14.1. The van der Waals surface area contributed by atoms with E-state index in [1.165, 1.54) is 0 Å². The molecule has 1 aliphatic rings. The Morgan fingerprint density at radius 3 is 2.66 bits per heavy atom. The van der Waals surface area contributed by atoms with E-state index in [0.29, 0.717) is 16.8 Å². The van der Waals surface area contributed by atoms with Gasteiger partial charge in [0.15, 0.2) is 0 Å². The van der Waals surface area contributed by atoms with Crippen LogP contribution in [0.4, 0.5) is 11.5 Å². The lowest BCUT2D eigenvalue weighted by molar-refractivity contribution is 0.102. The number of piperazine rings is 1. The van der Waals surface area contributed by atoms with Crippen LogP contribution in [0.1, 0.15) is 27.2 Å². The van der Waals surface area contributed by atoms with E-state index in [1.807, 2.05) is 37.3 Å². The fourth-order valence-electron chi connectivity index (χ4n) is 3.67. The van der Waals surface area contributed by atoms with Crippen molar-refractivity contribution in [3.63, 3.8) is 0 Å². The Kier molecular flexibility index (Phi) is 6.64. The minimum Gasteiger partial charge on any atom is -0.354 e. The van der Waals surface area contributed by atoms with Gasteiger partial charge in [0.2, 0.25) is 0 Å². The van der Waals surface area contributed by atoms with Crippen LogP contribution in [0.15, 0.2) is 54.7 Å². The lowest BCUT2D eigenvalue weighted by atomic mass is 10.1. The molecular weight excluding hydrogens is 424 g/mol. The molecule has 32 heavy (non-hydrogen) atoms. The number of hydrogen-bond acceptors (Lipinski definition) is 6. The standard InChI is InChI=1S/C24H23ClN6O/c1-17-5-7-21(23(25)28-17)24(32)29-20-6-8-22(27-15-20)31-11-9-30(10-12-31)16-19-4-2-3-18(13-19)14-26/h2-8,13,15H,9-12,16H2,1H3,(H,29,32). The molecule has 1 amide bonds. The van der Waals surface area contributed by atoms with E-state index in [0.717, 1.165) is 49.8 Å². The average molecular weight is 447 g/mol. The van der Waals surface area contributed by atoms with Gasteiger partial charge in [0.1, 0.15) is 11.0 Å². The number of rotatable bonds is 5. The first-order valence-electron chi connectivity index (χ1n) is 10.4. The molecule has 0 unspecified atom stereocenters. The number of aryl methyl sites for hydroxylation is 1. The van der Waals surface area contributed by atoms with Gasteiger partial charge < -0.3 is 10.2 Å². The number of nitrogens with zero attached hydrogens (tertiary/aromatic N) is 5. The zero-order chi connectivity index (χ0) is 22.5. The summed E-state index contributed by atoms with van der Waals surface area (Å²) < 4.78 is 0. The molecule has 0 saturated carbocycles. The Balaban J connectivity index is 1.32. The molecule has 0 bridgehead atoms. The van der Waals surface area contributed by atoms with Crippen molar-refractivity contribution in [3.05, 3.63) is 82.3 Å². The second kappa shape index (κ2) is 9.77. The van der Waals surface area contributed by atoms with Crippen molar-refractivity contribution in [2.24, 2.45) is 0 Å². The van der Waals surface area contributed by atoms with Crippen LogP contribution in [0.2, 0.25) is 5.15 Å². The topological polar surface area (TPSA) is 85.2 Å². The molecule has 2 aromatic heterocycles. The fourth-order valence-corrected chi connectivity index (χ4v) is 3.95. The van der Waals surface area contributed by atoms with E-state index in [4.69, 9.17) is 16.9 Å². The van der Waals surface area contributed by atoms with Crippen molar-refractivity contribution in [2.45, 2.75) is 13.5 Å². The average Bonchev–Trinajstić information content (AvgIpc) is 2.80. The lowest BCUT2D eigenvalue weighted by Crippen LogP contribution is -2.46. The summed E-state index contributed by atoms with van der Waals surface area (Å²) in [6, 6.07) is 17.1.